The van der Waals surface area contributed by atoms with Crippen LogP contribution in [0, 0.1) is 5.82 Å². The van der Waals surface area contributed by atoms with Crippen LogP contribution < -0.4 is 20.5 Å². The molecule has 226 valence electrons. The normalized spacial score (nSPS) is 12.9. The number of alkyl halides is 4. The van der Waals surface area contributed by atoms with E-state index in [1.54, 1.807) is 12.1 Å². The zero-order valence-electron chi connectivity index (χ0n) is 22.5. The van der Waals surface area contributed by atoms with Crippen LogP contribution >= 0.6 is 0 Å². The van der Waals surface area contributed by atoms with Gasteiger partial charge in [0.05, 0.1) is 25.8 Å². The number of carbonyl (C=O) groups excluding carboxylic acids is 2. The van der Waals surface area contributed by atoms with Gasteiger partial charge in [-0.25, -0.2) is 13.8 Å². The van der Waals surface area contributed by atoms with Gasteiger partial charge in [0.1, 0.15) is 41.8 Å². The summed E-state index contributed by atoms with van der Waals surface area (Å²) in [5, 5.41) is 13.7. The minimum Gasteiger partial charge on any atom is -0.494 e. The molecule has 2 heterocycles. The molecule has 9 nitrogen and oxygen atoms in total. The first kappa shape index (κ1) is 31.1. The second kappa shape index (κ2) is 12.6. The van der Waals surface area contributed by atoms with Crippen LogP contribution in [0.2, 0.25) is 0 Å². The van der Waals surface area contributed by atoms with Crippen LogP contribution in [0.1, 0.15) is 21.6 Å². The Kier molecular flexibility index (Phi) is 9.09. The first-order valence-corrected chi connectivity index (χ1v) is 12.7. The molecule has 0 radical (unpaired) electrons. The van der Waals surface area contributed by atoms with Gasteiger partial charge in [-0.3, -0.25) is 14.6 Å². The number of hydrogen-bond donors (Lipinski definition) is 3. The third-order valence-corrected chi connectivity index (χ3v) is 6.41. The number of nitrogens with one attached hydrogen (secondary N) is 1. The number of carbonyl (C=O) groups is 2. The molecule has 0 unspecified atom stereocenters. The fourth-order valence-corrected chi connectivity index (χ4v) is 4.31. The van der Waals surface area contributed by atoms with Crippen LogP contribution in [0.4, 0.5) is 22.0 Å². The van der Waals surface area contributed by atoms with Crippen LogP contribution in [0.3, 0.4) is 0 Å². The first-order valence-electron chi connectivity index (χ1n) is 12.7. The predicted octanol–water partition coefficient (Wildman–Crippen LogP) is 4.00. The fourth-order valence-electron chi connectivity index (χ4n) is 4.31. The van der Waals surface area contributed by atoms with Gasteiger partial charge in [0, 0.05) is 28.3 Å². The molecule has 43 heavy (non-hydrogen) atoms. The maximum absolute atomic E-state index is 14.6. The molecule has 0 aliphatic carbocycles. The van der Waals surface area contributed by atoms with Crippen molar-refractivity contribution in [2.45, 2.75) is 18.2 Å². The van der Waals surface area contributed by atoms with Gasteiger partial charge in [0.25, 0.3) is 5.91 Å². The van der Waals surface area contributed by atoms with Gasteiger partial charge < -0.3 is 25.6 Å². The van der Waals surface area contributed by atoms with Gasteiger partial charge >= 0.3 is 6.18 Å². The number of benzene rings is 2. The van der Waals surface area contributed by atoms with Crippen LogP contribution in [0.25, 0.3) is 22.2 Å². The Morgan fingerprint density at radius 2 is 1.81 bits per heavy atom. The smallest absolute Gasteiger partial charge is 0.424 e. The van der Waals surface area contributed by atoms with E-state index in [0.717, 1.165) is 18.2 Å². The van der Waals surface area contributed by atoms with E-state index in [-0.39, 0.29) is 33.9 Å². The lowest BCUT2D eigenvalue weighted by atomic mass is 9.93. The maximum atomic E-state index is 14.6. The molecule has 2 aromatic carbocycles. The van der Waals surface area contributed by atoms with E-state index in [0.29, 0.717) is 10.9 Å². The molecule has 0 aliphatic heterocycles. The number of aliphatic hydroxyl groups is 1. The summed E-state index contributed by atoms with van der Waals surface area (Å²) in [5.74, 6) is -2.71. The average molecular weight is 605 g/mol. The number of amides is 2. The van der Waals surface area contributed by atoms with Crippen molar-refractivity contribution in [2.24, 2.45) is 5.73 Å². The van der Waals surface area contributed by atoms with Crippen molar-refractivity contribution >= 4 is 22.7 Å². The highest BCUT2D eigenvalue weighted by Gasteiger charge is 2.56. The molecule has 0 saturated carbocycles. The number of aromatic nitrogens is 2. The number of methoxy groups -OCH3 is 1. The summed E-state index contributed by atoms with van der Waals surface area (Å²) in [5.41, 5.74) is 0.270. The summed E-state index contributed by atoms with van der Waals surface area (Å²) in [7, 11) is 1.34. The molecule has 1 atom stereocenters. The molecule has 4 N–H and O–H groups in total. The highest BCUT2D eigenvalue weighted by molar-refractivity contribution is 5.99. The van der Waals surface area contributed by atoms with E-state index >= 15 is 0 Å². The molecule has 0 spiro atoms. The number of rotatable bonds is 11. The highest BCUT2D eigenvalue weighted by atomic mass is 19.4. The zero-order valence-corrected chi connectivity index (χ0v) is 22.5. The topological polar surface area (TPSA) is 137 Å². The number of nitrogens with zero attached hydrogens (tertiary/aromatic N) is 2. The van der Waals surface area contributed by atoms with Gasteiger partial charge in [0.15, 0.2) is 0 Å². The molecule has 2 amide bonds. The van der Waals surface area contributed by atoms with Crippen molar-refractivity contribution in [1.82, 2.24) is 15.3 Å². The number of hydrogen-bond acceptors (Lipinski definition) is 7. The monoisotopic (exact) mass is 604 g/mol. The maximum Gasteiger partial charge on any atom is 0.424 e. The lowest BCUT2D eigenvalue weighted by Gasteiger charge is -2.31. The Balaban J connectivity index is 1.80. The molecule has 4 rings (SSSR count). The SMILES string of the molecule is COc1cc(C(=O)NC[C@](O)(c2cc(CC(N)=O)c(OCCF)c(-c3ccc(F)cc3)n2)C(F)(F)F)cc2cccnc12. The summed E-state index contributed by atoms with van der Waals surface area (Å²) >= 11 is 0. The van der Waals surface area contributed by atoms with Gasteiger partial charge in [-0.15, -0.1) is 0 Å². The molecule has 0 bridgehead atoms. The number of primary amides is 1. The summed E-state index contributed by atoms with van der Waals surface area (Å²) in [6.07, 6.45) is -4.58. The minimum absolute atomic E-state index is 0.0354. The Morgan fingerprint density at radius 3 is 2.44 bits per heavy atom. The number of nitrogens with two attached hydrogens (primary N) is 1. The Bertz CT molecular complexity index is 1650. The zero-order chi connectivity index (χ0) is 31.4. The van der Waals surface area contributed by atoms with E-state index in [4.69, 9.17) is 15.2 Å². The Morgan fingerprint density at radius 1 is 1.09 bits per heavy atom. The third-order valence-electron chi connectivity index (χ3n) is 6.41. The second-order valence-corrected chi connectivity index (χ2v) is 9.33. The lowest BCUT2D eigenvalue weighted by Crippen LogP contribution is -2.51. The minimum atomic E-state index is -5.41. The molecule has 2 aromatic heterocycles. The summed E-state index contributed by atoms with van der Waals surface area (Å²) in [4.78, 5) is 33.0. The summed E-state index contributed by atoms with van der Waals surface area (Å²) in [6, 6.07) is 11.0. The van der Waals surface area contributed by atoms with E-state index < -0.39 is 61.3 Å². The van der Waals surface area contributed by atoms with Gasteiger partial charge in [-0.2, -0.15) is 13.2 Å². The Hall–Kier alpha value is -4.85. The highest BCUT2D eigenvalue weighted by Crippen LogP contribution is 2.42. The molecule has 0 fully saturated rings. The van der Waals surface area contributed by atoms with Crippen molar-refractivity contribution in [3.8, 4) is 22.8 Å². The van der Waals surface area contributed by atoms with Gasteiger partial charge in [-0.1, -0.05) is 6.07 Å². The van der Waals surface area contributed by atoms with Gasteiger partial charge in [-0.05, 0) is 48.5 Å². The molecule has 0 aliphatic rings. The quantitative estimate of drug-likeness (QED) is 0.220. The first-order chi connectivity index (χ1) is 20.4. The van der Waals surface area contributed by atoms with Crippen molar-refractivity contribution in [3.05, 3.63) is 83.4 Å². The standard InChI is InChI=1S/C29H25F5N4O5/c1-42-21-12-19(11-17-3-2-9-36-24(17)21)27(40)37-15-28(41,29(32,33)34)22-13-18(14-23(35)39)26(43-10-8-30)25(38-22)16-4-6-20(31)7-5-16/h2-7,9,11-13,41H,8,10,14-15H2,1H3,(H2,35,39)(H,37,40)/t28-/m0/s1. The van der Waals surface area contributed by atoms with Crippen LogP contribution in [0.5, 0.6) is 11.5 Å². The molecular weight excluding hydrogens is 579 g/mol. The average Bonchev–Trinajstić information content (AvgIpc) is 2.97. The predicted molar refractivity (Wildman–Crippen MR) is 145 cm³/mol. The van der Waals surface area contributed by atoms with E-state index in [2.05, 4.69) is 15.3 Å². The molecule has 14 heteroatoms. The van der Waals surface area contributed by atoms with Crippen LogP contribution in [0.15, 0.2) is 60.8 Å². The summed E-state index contributed by atoms with van der Waals surface area (Å²) < 4.78 is 81.0. The van der Waals surface area contributed by atoms with Crippen molar-refractivity contribution in [2.75, 3.05) is 26.9 Å². The summed E-state index contributed by atoms with van der Waals surface area (Å²) in [6.45, 7) is -2.95. The third kappa shape index (κ3) is 6.64. The number of fused-ring (bicyclic) bond motifs is 1. The van der Waals surface area contributed by atoms with E-state index in [1.165, 1.54) is 37.6 Å². The second-order valence-electron chi connectivity index (χ2n) is 9.33. The molecule has 4 aromatic rings. The number of pyridine rings is 2. The van der Waals surface area contributed by atoms with E-state index in [9.17, 15) is 36.6 Å². The van der Waals surface area contributed by atoms with Crippen LogP contribution in [-0.2, 0) is 16.8 Å². The molecular formula is C29H25F5N4O5. The van der Waals surface area contributed by atoms with E-state index in [1.807, 2.05) is 0 Å². The lowest BCUT2D eigenvalue weighted by molar-refractivity contribution is -0.265. The van der Waals surface area contributed by atoms with Crippen molar-refractivity contribution in [1.29, 1.82) is 0 Å². The van der Waals surface area contributed by atoms with Gasteiger partial charge in [0.2, 0.25) is 11.5 Å². The number of ether oxygens (including phenoxy) is 2. The fraction of sp³-hybridized carbons (Fsp3) is 0.241. The number of halogens is 5. The Labute approximate surface area is 241 Å². The van der Waals surface area contributed by atoms with Crippen molar-refractivity contribution in [3.63, 3.8) is 0 Å². The van der Waals surface area contributed by atoms with Crippen LogP contribution in [-0.4, -0.2) is 60.0 Å². The largest absolute Gasteiger partial charge is 0.494 e. The molecule has 0 saturated heterocycles. The van der Waals surface area contributed by atoms with Crippen molar-refractivity contribution < 1.29 is 46.1 Å².